The molecular formula is C22H27NO2. The summed E-state index contributed by atoms with van der Waals surface area (Å²) in [6.07, 6.45) is 2.76. The summed E-state index contributed by atoms with van der Waals surface area (Å²) in [6, 6.07) is 14.4. The average molecular weight is 337 g/mol. The molecule has 0 radical (unpaired) electrons. The Morgan fingerprint density at radius 3 is 2.44 bits per heavy atom. The minimum Gasteiger partial charge on any atom is -0.480 e. The van der Waals surface area contributed by atoms with Gasteiger partial charge in [-0.2, -0.15) is 0 Å². The van der Waals surface area contributed by atoms with Gasteiger partial charge in [0.05, 0.1) is 6.04 Å². The zero-order valence-corrected chi connectivity index (χ0v) is 15.3. The molecule has 2 atom stereocenters. The summed E-state index contributed by atoms with van der Waals surface area (Å²) in [5, 5.41) is 9.79. The van der Waals surface area contributed by atoms with Crippen LogP contribution in [0.5, 0.6) is 0 Å². The van der Waals surface area contributed by atoms with Gasteiger partial charge in [-0.3, -0.25) is 9.69 Å². The lowest BCUT2D eigenvalue weighted by Crippen LogP contribution is -2.47. The van der Waals surface area contributed by atoms with E-state index < -0.39 is 12.0 Å². The highest BCUT2D eigenvalue weighted by molar-refractivity contribution is 5.73. The number of nitrogens with zero attached hydrogens (tertiary/aromatic N) is 1. The number of hydrogen-bond acceptors (Lipinski definition) is 2. The predicted molar refractivity (Wildman–Crippen MR) is 101 cm³/mol. The van der Waals surface area contributed by atoms with Crippen LogP contribution in [0.2, 0.25) is 0 Å². The molecule has 1 heterocycles. The number of carboxylic acid groups (broad SMARTS) is 1. The largest absolute Gasteiger partial charge is 0.480 e. The molecule has 1 aliphatic rings. The van der Waals surface area contributed by atoms with E-state index in [9.17, 15) is 9.90 Å². The average Bonchev–Trinajstić information content (AvgIpc) is 2.59. The van der Waals surface area contributed by atoms with Crippen LogP contribution in [0, 0.1) is 20.8 Å². The summed E-state index contributed by atoms with van der Waals surface area (Å²) in [4.78, 5) is 14.1. The van der Waals surface area contributed by atoms with Gasteiger partial charge in [0.25, 0.3) is 0 Å². The van der Waals surface area contributed by atoms with Gasteiger partial charge in [-0.05, 0) is 62.4 Å². The van der Waals surface area contributed by atoms with Crippen molar-refractivity contribution in [3.8, 4) is 0 Å². The van der Waals surface area contributed by atoms with Crippen LogP contribution >= 0.6 is 0 Å². The molecule has 0 amide bonds. The van der Waals surface area contributed by atoms with Crippen molar-refractivity contribution in [2.24, 2.45) is 0 Å². The second-order valence-corrected chi connectivity index (χ2v) is 7.21. The minimum absolute atomic E-state index is 0.0109. The Kier molecular flexibility index (Phi) is 5.24. The van der Waals surface area contributed by atoms with Crippen molar-refractivity contribution >= 4 is 5.97 Å². The Bertz CT molecular complexity index is 768. The second kappa shape index (κ2) is 7.40. The lowest BCUT2D eigenvalue weighted by molar-refractivity contribution is -0.145. The number of likely N-dealkylation sites (tertiary alicyclic amines) is 1. The number of rotatable bonds is 4. The molecule has 3 rings (SSSR count). The quantitative estimate of drug-likeness (QED) is 0.883. The first kappa shape index (κ1) is 17.7. The lowest BCUT2D eigenvalue weighted by Gasteiger charge is -2.40. The molecule has 1 saturated heterocycles. The summed E-state index contributed by atoms with van der Waals surface area (Å²) in [7, 11) is 0. The van der Waals surface area contributed by atoms with Gasteiger partial charge < -0.3 is 5.11 Å². The maximum Gasteiger partial charge on any atom is 0.320 e. The fourth-order valence-electron chi connectivity index (χ4n) is 4.08. The number of hydrogen-bond donors (Lipinski definition) is 1. The second-order valence-electron chi connectivity index (χ2n) is 7.21. The van der Waals surface area contributed by atoms with Crippen LogP contribution < -0.4 is 0 Å². The van der Waals surface area contributed by atoms with Crippen LogP contribution in [-0.4, -0.2) is 28.6 Å². The third-order valence-electron chi connectivity index (χ3n) is 5.36. The Morgan fingerprint density at radius 1 is 1.04 bits per heavy atom. The Labute approximate surface area is 150 Å². The number of piperidine rings is 1. The normalized spacial score (nSPS) is 19.6. The molecule has 0 spiro atoms. The van der Waals surface area contributed by atoms with E-state index >= 15 is 0 Å². The highest BCUT2D eigenvalue weighted by Crippen LogP contribution is 2.37. The summed E-state index contributed by atoms with van der Waals surface area (Å²) in [6.45, 7) is 7.17. The first-order valence-electron chi connectivity index (χ1n) is 9.10. The van der Waals surface area contributed by atoms with Crippen molar-refractivity contribution in [2.75, 3.05) is 6.54 Å². The number of benzene rings is 2. The maximum atomic E-state index is 11.9. The summed E-state index contributed by atoms with van der Waals surface area (Å²) >= 11 is 0. The number of aliphatic carboxylic acids is 1. The van der Waals surface area contributed by atoms with Gasteiger partial charge in [0.15, 0.2) is 0 Å². The van der Waals surface area contributed by atoms with E-state index in [1.54, 1.807) is 0 Å². The van der Waals surface area contributed by atoms with E-state index in [4.69, 9.17) is 0 Å². The summed E-state index contributed by atoms with van der Waals surface area (Å²) in [5.74, 6) is -0.706. The predicted octanol–water partition coefficient (Wildman–Crippen LogP) is 4.64. The van der Waals surface area contributed by atoms with Gasteiger partial charge >= 0.3 is 5.97 Å². The third-order valence-corrected chi connectivity index (χ3v) is 5.36. The summed E-state index contributed by atoms with van der Waals surface area (Å²) < 4.78 is 0. The van der Waals surface area contributed by atoms with Crippen molar-refractivity contribution < 1.29 is 9.90 Å². The van der Waals surface area contributed by atoms with Crippen LogP contribution in [0.1, 0.15) is 53.1 Å². The standard InChI is InChI=1S/C22H27NO2/c1-15-11-12-19(17(3)14-15)21(18-9-5-4-8-16(18)2)23-13-7-6-10-20(23)22(24)25/h4-5,8-9,11-12,14,20-21H,6-7,10,13H2,1-3H3,(H,24,25). The Morgan fingerprint density at radius 2 is 1.76 bits per heavy atom. The van der Waals surface area contributed by atoms with E-state index in [2.05, 4.69) is 62.1 Å². The summed E-state index contributed by atoms with van der Waals surface area (Å²) in [5.41, 5.74) is 6.10. The highest BCUT2D eigenvalue weighted by Gasteiger charge is 2.36. The van der Waals surface area contributed by atoms with E-state index in [-0.39, 0.29) is 6.04 Å². The monoisotopic (exact) mass is 337 g/mol. The Hall–Kier alpha value is -2.13. The molecule has 2 aromatic carbocycles. The van der Waals surface area contributed by atoms with Crippen molar-refractivity contribution in [3.63, 3.8) is 0 Å². The zero-order valence-electron chi connectivity index (χ0n) is 15.3. The number of carbonyl (C=O) groups is 1. The lowest BCUT2D eigenvalue weighted by atomic mass is 9.87. The molecule has 2 aromatic rings. The number of aryl methyl sites for hydroxylation is 3. The van der Waals surface area contributed by atoms with E-state index in [0.29, 0.717) is 0 Å². The van der Waals surface area contributed by atoms with Gasteiger partial charge in [0.1, 0.15) is 6.04 Å². The van der Waals surface area contributed by atoms with Crippen molar-refractivity contribution in [1.29, 1.82) is 0 Å². The topological polar surface area (TPSA) is 40.5 Å². The fraction of sp³-hybridized carbons (Fsp3) is 0.409. The first-order chi connectivity index (χ1) is 12.0. The van der Waals surface area contributed by atoms with E-state index in [0.717, 1.165) is 25.8 Å². The molecule has 1 N–H and O–H groups in total. The Balaban J connectivity index is 2.15. The van der Waals surface area contributed by atoms with E-state index in [1.165, 1.54) is 27.8 Å². The minimum atomic E-state index is -0.706. The van der Waals surface area contributed by atoms with Crippen LogP contribution in [0.3, 0.4) is 0 Å². The smallest absolute Gasteiger partial charge is 0.320 e. The molecule has 132 valence electrons. The molecule has 0 aliphatic carbocycles. The zero-order chi connectivity index (χ0) is 18.0. The molecule has 0 bridgehead atoms. The van der Waals surface area contributed by atoms with Crippen molar-refractivity contribution in [3.05, 3.63) is 70.3 Å². The molecule has 25 heavy (non-hydrogen) atoms. The maximum absolute atomic E-state index is 11.9. The highest BCUT2D eigenvalue weighted by atomic mass is 16.4. The molecule has 0 aromatic heterocycles. The molecule has 1 aliphatic heterocycles. The third kappa shape index (κ3) is 3.62. The van der Waals surface area contributed by atoms with E-state index in [1.807, 2.05) is 6.07 Å². The van der Waals surface area contributed by atoms with Gasteiger partial charge in [-0.25, -0.2) is 0 Å². The van der Waals surface area contributed by atoms with Crippen LogP contribution in [0.4, 0.5) is 0 Å². The fourth-order valence-corrected chi connectivity index (χ4v) is 4.08. The molecule has 2 unspecified atom stereocenters. The van der Waals surface area contributed by atoms with Crippen LogP contribution in [-0.2, 0) is 4.79 Å². The van der Waals surface area contributed by atoms with Gasteiger partial charge in [-0.1, -0.05) is 54.4 Å². The molecular weight excluding hydrogens is 310 g/mol. The van der Waals surface area contributed by atoms with Crippen molar-refractivity contribution in [2.45, 2.75) is 52.1 Å². The van der Waals surface area contributed by atoms with Crippen LogP contribution in [0.25, 0.3) is 0 Å². The van der Waals surface area contributed by atoms with Crippen LogP contribution in [0.15, 0.2) is 42.5 Å². The SMILES string of the molecule is Cc1ccc(C(c2ccccc2C)N2CCCCC2C(=O)O)c(C)c1. The van der Waals surface area contributed by atoms with Gasteiger partial charge in [-0.15, -0.1) is 0 Å². The molecule has 0 saturated carbocycles. The molecule has 1 fully saturated rings. The molecule has 3 nitrogen and oxygen atoms in total. The van der Waals surface area contributed by atoms with Gasteiger partial charge in [0.2, 0.25) is 0 Å². The van der Waals surface area contributed by atoms with Crippen molar-refractivity contribution in [1.82, 2.24) is 4.90 Å². The first-order valence-corrected chi connectivity index (χ1v) is 9.10. The number of carboxylic acids is 1. The van der Waals surface area contributed by atoms with Gasteiger partial charge in [0, 0.05) is 0 Å². The molecule has 3 heteroatoms.